The summed E-state index contributed by atoms with van der Waals surface area (Å²) >= 11 is 0. The van der Waals surface area contributed by atoms with Gasteiger partial charge in [-0.25, -0.2) is 4.79 Å². The number of hydrogen-bond donors (Lipinski definition) is 1. The molecule has 0 atom stereocenters. The monoisotopic (exact) mass is 408 g/mol. The number of aryl methyl sites for hydroxylation is 2. The van der Waals surface area contributed by atoms with Gasteiger partial charge in [-0.1, -0.05) is 47.5 Å². The first kappa shape index (κ1) is 22.8. The van der Waals surface area contributed by atoms with Crippen molar-refractivity contribution in [2.24, 2.45) is 0 Å². The number of hydrogen-bond acceptors (Lipinski definition) is 3. The fraction of sp³-hybridized carbons (Fsp3) is 0.458. The number of carboxylic acid groups (broad SMARTS) is 1. The lowest BCUT2D eigenvalue weighted by atomic mass is 9.97. The SMILES string of the molecule is Cc1cc(-c2cc(C)ncc2C(=O)O)c(C#C[Si](C(C)C)(C(C)C)C(C)C)cn1. The molecule has 0 spiro atoms. The van der Waals surface area contributed by atoms with Crippen LogP contribution in [0.15, 0.2) is 24.5 Å². The number of carboxylic acids is 1. The minimum absolute atomic E-state index is 0.185. The maximum Gasteiger partial charge on any atom is 0.337 e. The van der Waals surface area contributed by atoms with E-state index < -0.39 is 14.0 Å². The van der Waals surface area contributed by atoms with Crippen LogP contribution < -0.4 is 0 Å². The first-order valence-corrected chi connectivity index (χ1v) is 12.4. The van der Waals surface area contributed by atoms with Crippen LogP contribution in [0.4, 0.5) is 0 Å². The molecule has 0 aliphatic heterocycles. The average molecular weight is 409 g/mol. The highest BCUT2D eigenvalue weighted by atomic mass is 28.3. The summed E-state index contributed by atoms with van der Waals surface area (Å²) in [6.07, 6.45) is 3.20. The summed E-state index contributed by atoms with van der Waals surface area (Å²) < 4.78 is 0. The third kappa shape index (κ3) is 4.59. The topological polar surface area (TPSA) is 63.1 Å². The second kappa shape index (κ2) is 8.92. The van der Waals surface area contributed by atoms with E-state index in [4.69, 9.17) is 0 Å². The first-order valence-electron chi connectivity index (χ1n) is 10.2. The van der Waals surface area contributed by atoms with E-state index in [0.29, 0.717) is 22.2 Å². The molecule has 0 radical (unpaired) electrons. The summed E-state index contributed by atoms with van der Waals surface area (Å²) in [7, 11) is -1.91. The number of pyridine rings is 2. The molecule has 29 heavy (non-hydrogen) atoms. The average Bonchev–Trinajstić information content (AvgIpc) is 2.61. The van der Waals surface area contributed by atoms with Crippen molar-refractivity contribution >= 4 is 14.0 Å². The molecule has 0 unspecified atom stereocenters. The molecule has 2 aromatic rings. The van der Waals surface area contributed by atoms with Gasteiger partial charge in [-0.15, -0.1) is 5.54 Å². The van der Waals surface area contributed by atoms with Crippen molar-refractivity contribution in [2.75, 3.05) is 0 Å². The van der Waals surface area contributed by atoms with E-state index in [2.05, 4.69) is 63.0 Å². The number of aromatic nitrogens is 2. The molecule has 0 bridgehead atoms. The van der Waals surface area contributed by atoms with Crippen LogP contribution in [0.5, 0.6) is 0 Å². The lowest BCUT2D eigenvalue weighted by Gasteiger charge is -2.38. The fourth-order valence-electron chi connectivity index (χ4n) is 4.44. The Labute approximate surface area is 175 Å². The fourth-order valence-corrected chi connectivity index (χ4v) is 9.66. The van der Waals surface area contributed by atoms with Gasteiger partial charge in [-0.05, 0) is 42.6 Å². The molecule has 154 valence electrons. The van der Waals surface area contributed by atoms with Crippen molar-refractivity contribution in [2.45, 2.75) is 72.0 Å². The summed E-state index contributed by atoms with van der Waals surface area (Å²) in [5.41, 5.74) is 9.32. The van der Waals surface area contributed by atoms with E-state index in [1.54, 1.807) is 6.20 Å². The van der Waals surface area contributed by atoms with Gasteiger partial charge in [-0.2, -0.15) is 0 Å². The van der Waals surface area contributed by atoms with Crippen LogP contribution in [0.2, 0.25) is 16.6 Å². The van der Waals surface area contributed by atoms with Gasteiger partial charge in [0, 0.05) is 34.9 Å². The Kier molecular flexibility index (Phi) is 7.02. The van der Waals surface area contributed by atoms with Crippen LogP contribution >= 0.6 is 0 Å². The van der Waals surface area contributed by atoms with Gasteiger partial charge in [0.1, 0.15) is 8.07 Å². The molecule has 0 saturated heterocycles. The molecule has 0 aromatic carbocycles. The molecule has 0 aliphatic carbocycles. The van der Waals surface area contributed by atoms with Crippen LogP contribution in [-0.4, -0.2) is 29.1 Å². The molecule has 2 heterocycles. The number of nitrogens with zero attached hydrogens (tertiary/aromatic N) is 2. The minimum Gasteiger partial charge on any atom is -0.478 e. The normalized spacial score (nSPS) is 11.7. The van der Waals surface area contributed by atoms with Gasteiger partial charge >= 0.3 is 5.97 Å². The van der Waals surface area contributed by atoms with Crippen LogP contribution in [0.25, 0.3) is 11.1 Å². The van der Waals surface area contributed by atoms with E-state index in [0.717, 1.165) is 22.5 Å². The van der Waals surface area contributed by atoms with Gasteiger partial charge in [0.2, 0.25) is 0 Å². The highest BCUT2D eigenvalue weighted by Crippen LogP contribution is 2.41. The van der Waals surface area contributed by atoms with Crippen LogP contribution in [-0.2, 0) is 0 Å². The zero-order chi connectivity index (χ0) is 21.9. The van der Waals surface area contributed by atoms with Crippen LogP contribution in [0.1, 0.15) is 68.9 Å². The summed E-state index contributed by atoms with van der Waals surface area (Å²) in [5.74, 6) is 2.46. The molecule has 0 aliphatic rings. The zero-order valence-electron chi connectivity index (χ0n) is 18.8. The summed E-state index contributed by atoms with van der Waals surface area (Å²) in [6.45, 7) is 17.5. The summed E-state index contributed by atoms with van der Waals surface area (Å²) in [5, 5.41) is 9.67. The van der Waals surface area contributed by atoms with Crippen molar-refractivity contribution in [3.8, 4) is 22.6 Å². The van der Waals surface area contributed by atoms with Gasteiger partial charge < -0.3 is 5.11 Å². The maximum atomic E-state index is 11.8. The third-order valence-electron chi connectivity index (χ3n) is 5.88. The highest BCUT2D eigenvalue weighted by molar-refractivity contribution is 6.90. The first-order chi connectivity index (χ1) is 13.5. The van der Waals surface area contributed by atoms with Crippen molar-refractivity contribution in [1.82, 2.24) is 9.97 Å². The predicted molar refractivity (Wildman–Crippen MR) is 122 cm³/mol. The number of carbonyl (C=O) groups is 1. The van der Waals surface area contributed by atoms with Crippen molar-refractivity contribution in [1.29, 1.82) is 0 Å². The maximum absolute atomic E-state index is 11.8. The van der Waals surface area contributed by atoms with Crippen molar-refractivity contribution < 1.29 is 9.90 Å². The van der Waals surface area contributed by atoms with Gasteiger partial charge in [0.05, 0.1) is 11.1 Å². The van der Waals surface area contributed by atoms with E-state index in [-0.39, 0.29) is 5.56 Å². The summed E-state index contributed by atoms with van der Waals surface area (Å²) in [6, 6.07) is 3.75. The van der Waals surface area contributed by atoms with E-state index in [9.17, 15) is 9.90 Å². The second-order valence-corrected chi connectivity index (χ2v) is 14.3. The summed E-state index contributed by atoms with van der Waals surface area (Å²) in [4.78, 5) is 20.4. The lowest BCUT2D eigenvalue weighted by molar-refractivity contribution is 0.0697. The van der Waals surface area contributed by atoms with Crippen LogP contribution in [0.3, 0.4) is 0 Å². The molecule has 0 saturated carbocycles. The van der Waals surface area contributed by atoms with E-state index in [1.165, 1.54) is 6.20 Å². The number of aromatic carboxylic acids is 1. The standard InChI is InChI=1S/C24H32N2O2Si/c1-15(2)29(16(3)4,17(5)6)10-9-20-13-25-18(7)11-21(20)22-12-19(8)26-14-23(22)24(27)28/h11-17H,1-8H3,(H,27,28). The molecule has 2 rings (SSSR count). The largest absolute Gasteiger partial charge is 0.478 e. The molecular formula is C24H32N2O2Si. The molecule has 0 fully saturated rings. The molecule has 0 amide bonds. The van der Waals surface area contributed by atoms with E-state index in [1.807, 2.05) is 26.0 Å². The molecule has 5 heteroatoms. The molecule has 1 N–H and O–H groups in total. The molecular weight excluding hydrogens is 376 g/mol. The van der Waals surface area contributed by atoms with Gasteiger partial charge in [-0.3, -0.25) is 9.97 Å². The molecule has 4 nitrogen and oxygen atoms in total. The molecule has 2 aromatic heterocycles. The Balaban J connectivity index is 2.76. The lowest BCUT2D eigenvalue weighted by Crippen LogP contribution is -2.43. The smallest absolute Gasteiger partial charge is 0.337 e. The zero-order valence-corrected chi connectivity index (χ0v) is 19.8. The number of rotatable bonds is 5. The van der Waals surface area contributed by atoms with Crippen molar-refractivity contribution in [3.05, 3.63) is 47.0 Å². The second-order valence-electron chi connectivity index (χ2n) is 8.69. The van der Waals surface area contributed by atoms with Crippen molar-refractivity contribution in [3.63, 3.8) is 0 Å². The Morgan fingerprint density at radius 2 is 1.38 bits per heavy atom. The third-order valence-corrected chi connectivity index (χ3v) is 12.2. The van der Waals surface area contributed by atoms with Crippen LogP contribution in [0, 0.1) is 25.3 Å². The van der Waals surface area contributed by atoms with E-state index >= 15 is 0 Å². The quantitative estimate of drug-likeness (QED) is 0.485. The predicted octanol–water partition coefficient (Wildman–Crippen LogP) is 6.03. The Morgan fingerprint density at radius 1 is 0.897 bits per heavy atom. The minimum atomic E-state index is -1.91. The van der Waals surface area contributed by atoms with Gasteiger partial charge in [0.15, 0.2) is 0 Å². The Hall–Kier alpha value is -2.45. The Bertz CT molecular complexity index is 947. The Morgan fingerprint density at radius 3 is 1.86 bits per heavy atom. The van der Waals surface area contributed by atoms with Gasteiger partial charge in [0.25, 0.3) is 0 Å². The highest BCUT2D eigenvalue weighted by Gasteiger charge is 2.41.